The maximum absolute atomic E-state index is 5.94. The maximum Gasteiger partial charge on any atom is 0.221 e. The van der Waals surface area contributed by atoms with Crippen molar-refractivity contribution < 1.29 is 4.74 Å². The molecule has 0 amide bonds. The maximum atomic E-state index is 5.94. The van der Waals surface area contributed by atoms with E-state index in [1.165, 1.54) is 0 Å². The van der Waals surface area contributed by atoms with E-state index in [2.05, 4.69) is 17.2 Å². The molecule has 0 saturated carbocycles. The Morgan fingerprint density at radius 3 is 2.74 bits per heavy atom. The fourth-order valence-corrected chi connectivity index (χ4v) is 1.77. The van der Waals surface area contributed by atoms with E-state index < -0.39 is 0 Å². The fourth-order valence-electron chi connectivity index (χ4n) is 1.48. The van der Waals surface area contributed by atoms with Crippen LogP contribution in [0.15, 0.2) is 36.4 Å². The highest BCUT2D eigenvalue weighted by Crippen LogP contribution is 2.29. The molecule has 0 unspecified atom stereocenters. The van der Waals surface area contributed by atoms with Gasteiger partial charge in [-0.15, -0.1) is 0 Å². The molecule has 1 N–H and O–H groups in total. The van der Waals surface area contributed by atoms with Crippen LogP contribution in [0.1, 0.15) is 13.3 Å². The molecule has 3 nitrogen and oxygen atoms in total. The van der Waals surface area contributed by atoms with Crippen LogP contribution < -0.4 is 10.1 Å². The van der Waals surface area contributed by atoms with Gasteiger partial charge in [0.2, 0.25) is 5.88 Å². The first kappa shape index (κ1) is 14.0. The van der Waals surface area contributed by atoms with Crippen LogP contribution in [0.5, 0.6) is 11.6 Å². The van der Waals surface area contributed by atoms with Gasteiger partial charge in [0.1, 0.15) is 11.6 Å². The average Bonchev–Trinajstić information content (AvgIpc) is 2.41. The molecule has 1 aromatic heterocycles. The Bertz CT molecular complexity index is 561. The summed E-state index contributed by atoms with van der Waals surface area (Å²) < 4.78 is 5.64. The quantitative estimate of drug-likeness (QED) is 0.843. The van der Waals surface area contributed by atoms with Gasteiger partial charge in [-0.3, -0.25) is 0 Å². The number of benzene rings is 1. The summed E-state index contributed by atoms with van der Waals surface area (Å²) >= 11 is 11.8. The second kappa shape index (κ2) is 6.64. The van der Waals surface area contributed by atoms with E-state index in [0.29, 0.717) is 21.7 Å². The molecule has 0 spiro atoms. The molecule has 1 aromatic carbocycles. The zero-order chi connectivity index (χ0) is 13.7. The highest BCUT2D eigenvalue weighted by atomic mass is 35.5. The van der Waals surface area contributed by atoms with Crippen molar-refractivity contribution in [2.45, 2.75) is 13.3 Å². The Hall–Kier alpha value is -1.45. The lowest BCUT2D eigenvalue weighted by Crippen LogP contribution is -2.02. The van der Waals surface area contributed by atoms with Gasteiger partial charge >= 0.3 is 0 Å². The van der Waals surface area contributed by atoms with E-state index in [9.17, 15) is 0 Å². The third-order valence-electron chi connectivity index (χ3n) is 2.39. The molecular weight excluding hydrogens is 283 g/mol. The van der Waals surface area contributed by atoms with Crippen LogP contribution in [-0.2, 0) is 0 Å². The van der Waals surface area contributed by atoms with E-state index in [0.717, 1.165) is 18.8 Å². The van der Waals surface area contributed by atoms with Crippen molar-refractivity contribution in [2.75, 3.05) is 11.9 Å². The SMILES string of the molecule is CCCNc1cccc(Oc2ccc(Cl)c(Cl)c2)n1. The third-order valence-corrected chi connectivity index (χ3v) is 3.13. The lowest BCUT2D eigenvalue weighted by atomic mass is 10.3. The second-order valence-corrected chi connectivity index (χ2v) is 4.78. The summed E-state index contributed by atoms with van der Waals surface area (Å²) in [5, 5.41) is 4.16. The number of hydrogen-bond acceptors (Lipinski definition) is 3. The van der Waals surface area contributed by atoms with Crippen molar-refractivity contribution in [3.8, 4) is 11.6 Å². The molecule has 0 aliphatic rings. The first-order chi connectivity index (χ1) is 9.19. The summed E-state index contributed by atoms with van der Waals surface area (Å²) in [7, 11) is 0. The van der Waals surface area contributed by atoms with Gasteiger partial charge in [-0.1, -0.05) is 36.2 Å². The molecule has 0 bridgehead atoms. The van der Waals surface area contributed by atoms with Crippen LogP contribution in [0, 0.1) is 0 Å². The van der Waals surface area contributed by atoms with E-state index >= 15 is 0 Å². The van der Waals surface area contributed by atoms with Gasteiger partial charge < -0.3 is 10.1 Å². The van der Waals surface area contributed by atoms with Gasteiger partial charge in [0, 0.05) is 18.7 Å². The highest BCUT2D eigenvalue weighted by molar-refractivity contribution is 6.42. The van der Waals surface area contributed by atoms with Crippen molar-refractivity contribution in [1.82, 2.24) is 4.98 Å². The van der Waals surface area contributed by atoms with Crippen molar-refractivity contribution in [2.24, 2.45) is 0 Å². The Morgan fingerprint density at radius 1 is 1.16 bits per heavy atom. The molecule has 0 aliphatic carbocycles. The van der Waals surface area contributed by atoms with Gasteiger partial charge in [0.25, 0.3) is 0 Å². The largest absolute Gasteiger partial charge is 0.439 e. The van der Waals surface area contributed by atoms with Crippen LogP contribution >= 0.6 is 23.2 Å². The summed E-state index contributed by atoms with van der Waals surface area (Å²) in [4.78, 5) is 4.35. The van der Waals surface area contributed by atoms with Gasteiger partial charge in [-0.05, 0) is 24.6 Å². The van der Waals surface area contributed by atoms with Gasteiger partial charge in [-0.2, -0.15) is 4.98 Å². The first-order valence-electron chi connectivity index (χ1n) is 6.03. The van der Waals surface area contributed by atoms with Crippen molar-refractivity contribution >= 4 is 29.0 Å². The van der Waals surface area contributed by atoms with E-state index in [1.54, 1.807) is 24.3 Å². The van der Waals surface area contributed by atoms with E-state index in [1.807, 2.05) is 12.1 Å². The number of aromatic nitrogens is 1. The van der Waals surface area contributed by atoms with Gasteiger partial charge in [0.05, 0.1) is 10.0 Å². The second-order valence-electron chi connectivity index (χ2n) is 3.97. The van der Waals surface area contributed by atoms with Crippen molar-refractivity contribution in [3.05, 3.63) is 46.4 Å². The molecule has 0 aliphatic heterocycles. The van der Waals surface area contributed by atoms with Gasteiger partial charge in [0.15, 0.2) is 0 Å². The lowest BCUT2D eigenvalue weighted by Gasteiger charge is -2.08. The fraction of sp³-hybridized carbons (Fsp3) is 0.214. The van der Waals surface area contributed by atoms with Crippen LogP contribution in [0.4, 0.5) is 5.82 Å². The molecule has 2 rings (SSSR count). The smallest absolute Gasteiger partial charge is 0.221 e. The predicted molar refractivity (Wildman–Crippen MR) is 79.6 cm³/mol. The Morgan fingerprint density at radius 2 is 2.00 bits per heavy atom. The topological polar surface area (TPSA) is 34.1 Å². The van der Waals surface area contributed by atoms with Crippen LogP contribution in [0.3, 0.4) is 0 Å². The van der Waals surface area contributed by atoms with Gasteiger partial charge in [-0.25, -0.2) is 0 Å². The standard InChI is InChI=1S/C14H14Cl2N2O/c1-2-8-17-13-4-3-5-14(18-13)19-10-6-7-11(15)12(16)9-10/h3-7,9H,2,8H2,1H3,(H,17,18). The molecule has 0 saturated heterocycles. The minimum Gasteiger partial charge on any atom is -0.439 e. The summed E-state index contributed by atoms with van der Waals surface area (Å²) in [5.41, 5.74) is 0. The zero-order valence-corrected chi connectivity index (χ0v) is 12.0. The lowest BCUT2D eigenvalue weighted by molar-refractivity contribution is 0.463. The number of halogens is 2. The summed E-state index contributed by atoms with van der Waals surface area (Å²) in [6.07, 6.45) is 1.04. The molecule has 0 atom stereocenters. The number of pyridine rings is 1. The van der Waals surface area contributed by atoms with Crippen LogP contribution in [-0.4, -0.2) is 11.5 Å². The normalized spacial score (nSPS) is 10.3. The zero-order valence-electron chi connectivity index (χ0n) is 10.5. The van der Waals surface area contributed by atoms with E-state index in [4.69, 9.17) is 27.9 Å². The summed E-state index contributed by atoms with van der Waals surface area (Å²) in [5.74, 6) is 1.91. The highest BCUT2D eigenvalue weighted by Gasteiger charge is 2.03. The molecule has 2 aromatic rings. The Balaban J connectivity index is 2.11. The average molecular weight is 297 g/mol. The molecule has 0 radical (unpaired) electrons. The molecule has 0 fully saturated rings. The molecule has 5 heteroatoms. The number of ether oxygens (including phenoxy) is 1. The summed E-state index contributed by atoms with van der Waals surface area (Å²) in [6.45, 7) is 2.98. The minimum absolute atomic E-state index is 0.458. The predicted octanol–water partition coefficient (Wildman–Crippen LogP) is 5.00. The van der Waals surface area contributed by atoms with Crippen molar-refractivity contribution in [3.63, 3.8) is 0 Å². The molecule has 19 heavy (non-hydrogen) atoms. The monoisotopic (exact) mass is 296 g/mol. The number of anilines is 1. The summed E-state index contributed by atoms with van der Waals surface area (Å²) in [6, 6.07) is 10.7. The Labute approximate surface area is 122 Å². The molecule has 1 heterocycles. The minimum atomic E-state index is 0.458. The number of nitrogens with zero attached hydrogens (tertiary/aromatic N) is 1. The van der Waals surface area contributed by atoms with Crippen molar-refractivity contribution in [1.29, 1.82) is 0 Å². The number of nitrogens with one attached hydrogen (secondary N) is 1. The van der Waals surface area contributed by atoms with Crippen LogP contribution in [0.2, 0.25) is 10.0 Å². The number of hydrogen-bond donors (Lipinski definition) is 1. The molecule has 100 valence electrons. The Kier molecular flexibility index (Phi) is 4.88. The van der Waals surface area contributed by atoms with E-state index in [-0.39, 0.29) is 0 Å². The first-order valence-corrected chi connectivity index (χ1v) is 6.78. The number of rotatable bonds is 5. The molecular formula is C14H14Cl2N2O. The van der Waals surface area contributed by atoms with Crippen LogP contribution in [0.25, 0.3) is 0 Å². The third kappa shape index (κ3) is 4.01.